The summed E-state index contributed by atoms with van der Waals surface area (Å²) in [5.41, 5.74) is 2.14. The van der Waals surface area contributed by atoms with Crippen LogP contribution in [0.5, 0.6) is 5.75 Å². The van der Waals surface area contributed by atoms with Crippen LogP contribution in [0.3, 0.4) is 0 Å². The molecular weight excluding hydrogens is 522 g/mol. The van der Waals surface area contributed by atoms with E-state index >= 15 is 0 Å². The van der Waals surface area contributed by atoms with Gasteiger partial charge in [-0.3, -0.25) is 14.4 Å². The van der Waals surface area contributed by atoms with Crippen LogP contribution in [-0.4, -0.2) is 36.5 Å². The van der Waals surface area contributed by atoms with E-state index in [1.807, 2.05) is 53.5 Å². The molecule has 0 amide bonds. The van der Waals surface area contributed by atoms with Gasteiger partial charge in [-0.25, -0.2) is 0 Å². The molecule has 1 saturated heterocycles. The Labute approximate surface area is 236 Å². The Balaban J connectivity index is 1.54. The number of hydrogen-bond acceptors (Lipinski definition) is 5. The van der Waals surface area contributed by atoms with Gasteiger partial charge in [-0.05, 0) is 41.5 Å². The van der Waals surface area contributed by atoms with Crippen LogP contribution >= 0.6 is 11.6 Å². The van der Waals surface area contributed by atoms with E-state index < -0.39 is 23.4 Å². The molecule has 4 aromatic rings. The summed E-state index contributed by atoms with van der Waals surface area (Å²) in [6.07, 6.45) is 3.88. The van der Waals surface area contributed by atoms with Gasteiger partial charge in [-0.2, -0.15) is 0 Å². The van der Waals surface area contributed by atoms with E-state index in [1.165, 1.54) is 0 Å². The third-order valence-electron chi connectivity index (χ3n) is 8.56. The first kappa shape index (κ1) is 24.6. The fourth-order valence-electron chi connectivity index (χ4n) is 6.91. The monoisotopic (exact) mass is 545 g/mol. The van der Waals surface area contributed by atoms with E-state index in [9.17, 15) is 14.4 Å². The molecule has 40 heavy (non-hydrogen) atoms. The topological polar surface area (TPSA) is 63.7 Å². The van der Waals surface area contributed by atoms with Crippen LogP contribution in [0.4, 0.5) is 5.69 Å². The minimum absolute atomic E-state index is 0.192. The third-order valence-corrected chi connectivity index (χ3v) is 8.82. The van der Waals surface area contributed by atoms with Crippen molar-refractivity contribution in [3.63, 3.8) is 0 Å². The molecule has 0 aromatic heterocycles. The number of rotatable bonds is 4. The standard InChI is InChI=1S/C34H24ClNO4/c1-40-24-9-6-8-22(19-24)31(37)30-29(21-13-16-23(35)17-14-21)34(32(38)25-10-3-4-11-26(25)33(34)39)28-18-15-20-7-2-5-12-27(20)36(28)30/h2-19,28-30H,1H3/t28-,29+,30+/m1/s1. The van der Waals surface area contributed by atoms with Crippen molar-refractivity contribution >= 4 is 40.7 Å². The molecule has 3 aliphatic rings. The molecule has 1 aliphatic carbocycles. The molecule has 0 unspecified atom stereocenters. The van der Waals surface area contributed by atoms with Crippen molar-refractivity contribution in [1.82, 2.24) is 0 Å². The molecule has 0 bridgehead atoms. The van der Waals surface area contributed by atoms with Gasteiger partial charge in [0, 0.05) is 33.3 Å². The van der Waals surface area contributed by atoms with Gasteiger partial charge >= 0.3 is 0 Å². The molecule has 3 atom stereocenters. The number of methoxy groups -OCH3 is 1. The highest BCUT2D eigenvalue weighted by Gasteiger charge is 2.71. The number of anilines is 1. The Morgan fingerprint density at radius 1 is 0.850 bits per heavy atom. The zero-order chi connectivity index (χ0) is 27.6. The summed E-state index contributed by atoms with van der Waals surface area (Å²) < 4.78 is 5.43. The molecule has 1 fully saturated rings. The molecule has 7 rings (SSSR count). The predicted octanol–water partition coefficient (Wildman–Crippen LogP) is 6.66. The Hall–Kier alpha value is -4.48. The van der Waals surface area contributed by atoms with Crippen LogP contribution in [0.2, 0.25) is 5.02 Å². The summed E-state index contributed by atoms with van der Waals surface area (Å²) in [7, 11) is 1.56. The minimum atomic E-state index is -1.54. The molecule has 6 heteroatoms. The van der Waals surface area contributed by atoms with E-state index in [1.54, 1.807) is 67.8 Å². The van der Waals surface area contributed by atoms with E-state index in [0.717, 1.165) is 11.3 Å². The van der Waals surface area contributed by atoms with Gasteiger partial charge in [0.05, 0.1) is 13.2 Å². The zero-order valence-electron chi connectivity index (χ0n) is 21.6. The van der Waals surface area contributed by atoms with Gasteiger partial charge in [0.2, 0.25) is 0 Å². The van der Waals surface area contributed by atoms with Crippen LogP contribution in [0.15, 0.2) is 103 Å². The van der Waals surface area contributed by atoms with E-state index in [0.29, 0.717) is 33.0 Å². The molecule has 4 aromatic carbocycles. The lowest BCUT2D eigenvalue weighted by Gasteiger charge is -2.37. The summed E-state index contributed by atoms with van der Waals surface area (Å²) in [5, 5.41) is 0.529. The fourth-order valence-corrected chi connectivity index (χ4v) is 7.03. The second kappa shape index (κ2) is 9.04. The first-order valence-electron chi connectivity index (χ1n) is 13.1. The molecule has 2 heterocycles. The Kier molecular flexibility index (Phi) is 5.55. The number of ketones is 3. The molecular formula is C34H24ClNO4. The maximum atomic E-state index is 14.7. The number of fused-ring (bicyclic) bond motifs is 5. The summed E-state index contributed by atoms with van der Waals surface area (Å²) in [6.45, 7) is 0. The summed E-state index contributed by atoms with van der Waals surface area (Å²) in [6, 6.07) is 27.4. The van der Waals surface area contributed by atoms with Gasteiger partial charge in [-0.15, -0.1) is 0 Å². The van der Waals surface area contributed by atoms with Crippen LogP contribution in [0.25, 0.3) is 6.08 Å². The van der Waals surface area contributed by atoms with Gasteiger partial charge < -0.3 is 9.64 Å². The normalized spacial score (nSPS) is 21.8. The van der Waals surface area contributed by atoms with E-state index in [2.05, 4.69) is 0 Å². The number of ether oxygens (including phenoxy) is 1. The van der Waals surface area contributed by atoms with Crippen molar-refractivity contribution in [1.29, 1.82) is 0 Å². The average Bonchev–Trinajstić information content (AvgIpc) is 3.43. The SMILES string of the molecule is COc1cccc(C(=O)[C@@H]2[C@H](c3ccc(Cl)cc3)C3(C(=O)c4ccccc4C3=O)[C@H]3C=Cc4ccccc4N23)c1. The van der Waals surface area contributed by atoms with Crippen LogP contribution in [0, 0.1) is 5.41 Å². The first-order valence-corrected chi connectivity index (χ1v) is 13.5. The number of Topliss-reactive ketones (excluding diaryl/α,β-unsaturated/α-hetero) is 3. The molecule has 2 aliphatic heterocycles. The predicted molar refractivity (Wildman–Crippen MR) is 155 cm³/mol. The molecule has 1 spiro atoms. The molecule has 196 valence electrons. The van der Waals surface area contributed by atoms with Gasteiger partial charge in [-0.1, -0.05) is 90.5 Å². The Bertz CT molecular complexity index is 1710. The summed E-state index contributed by atoms with van der Waals surface area (Å²) in [5.74, 6) is -0.933. The number of benzene rings is 4. The fraction of sp³-hybridized carbons (Fsp3) is 0.147. The van der Waals surface area contributed by atoms with Gasteiger partial charge in [0.15, 0.2) is 17.3 Å². The van der Waals surface area contributed by atoms with Crippen LogP contribution in [-0.2, 0) is 0 Å². The minimum Gasteiger partial charge on any atom is -0.497 e. The molecule has 0 N–H and O–H groups in total. The van der Waals surface area contributed by atoms with E-state index in [-0.39, 0.29) is 17.3 Å². The maximum Gasteiger partial charge on any atom is 0.186 e. The molecule has 5 nitrogen and oxygen atoms in total. The van der Waals surface area contributed by atoms with E-state index in [4.69, 9.17) is 16.3 Å². The van der Waals surface area contributed by atoms with Crippen molar-refractivity contribution < 1.29 is 19.1 Å². The molecule has 0 radical (unpaired) electrons. The molecule has 0 saturated carbocycles. The van der Waals surface area contributed by atoms with Crippen molar-refractivity contribution in [3.05, 3.63) is 136 Å². The summed E-state index contributed by atoms with van der Waals surface area (Å²) in [4.78, 5) is 45.9. The van der Waals surface area contributed by atoms with Gasteiger partial charge in [0.25, 0.3) is 0 Å². The number of halogens is 1. The third kappa shape index (κ3) is 3.24. The lowest BCUT2D eigenvalue weighted by Crippen LogP contribution is -2.48. The second-order valence-corrected chi connectivity index (χ2v) is 10.8. The number of carbonyl (C=O) groups excluding carboxylic acids is 3. The second-order valence-electron chi connectivity index (χ2n) is 10.4. The van der Waals surface area contributed by atoms with Crippen LogP contribution < -0.4 is 9.64 Å². The Morgan fingerprint density at radius 3 is 2.23 bits per heavy atom. The largest absolute Gasteiger partial charge is 0.497 e. The zero-order valence-corrected chi connectivity index (χ0v) is 22.3. The van der Waals surface area contributed by atoms with Crippen molar-refractivity contribution in [2.24, 2.45) is 5.41 Å². The van der Waals surface area contributed by atoms with Crippen LogP contribution in [0.1, 0.15) is 48.1 Å². The highest BCUT2D eigenvalue weighted by Crippen LogP contribution is 2.61. The van der Waals surface area contributed by atoms with Crippen molar-refractivity contribution in [2.45, 2.75) is 18.0 Å². The van der Waals surface area contributed by atoms with Crippen molar-refractivity contribution in [2.75, 3.05) is 12.0 Å². The van der Waals surface area contributed by atoms with Gasteiger partial charge in [0.1, 0.15) is 17.2 Å². The Morgan fingerprint density at radius 2 is 1.52 bits per heavy atom. The van der Waals surface area contributed by atoms with Crippen molar-refractivity contribution in [3.8, 4) is 5.75 Å². The smallest absolute Gasteiger partial charge is 0.186 e. The highest BCUT2D eigenvalue weighted by molar-refractivity contribution is 6.32. The number of hydrogen-bond donors (Lipinski definition) is 0. The first-order chi connectivity index (χ1) is 19.5. The lowest BCUT2D eigenvalue weighted by molar-refractivity contribution is 0.0666. The number of carbonyl (C=O) groups is 3. The quantitative estimate of drug-likeness (QED) is 0.212. The average molecular weight is 546 g/mol. The lowest BCUT2D eigenvalue weighted by atomic mass is 9.64. The summed E-state index contributed by atoms with van der Waals surface area (Å²) >= 11 is 6.28. The maximum absolute atomic E-state index is 14.7. The highest BCUT2D eigenvalue weighted by atomic mass is 35.5. The number of nitrogens with zero attached hydrogens (tertiary/aromatic N) is 1. The number of para-hydroxylation sites is 1.